The Kier molecular flexibility index (Phi) is 16.5. The molecule has 0 saturated heterocycles. The van der Waals surface area contributed by atoms with Crippen molar-refractivity contribution in [1.29, 1.82) is 0 Å². The van der Waals surface area contributed by atoms with E-state index in [0.717, 1.165) is 0 Å². The van der Waals surface area contributed by atoms with Crippen molar-refractivity contribution in [3.8, 4) is 0 Å². The molecule has 25 heavy (non-hydrogen) atoms. The zero-order valence-electron chi connectivity index (χ0n) is 16.2. The van der Waals surface area contributed by atoms with Crippen molar-refractivity contribution >= 4 is 0 Å². The molecule has 3 aromatic rings. The molecule has 3 rings (SSSR count). The smallest absolute Gasteiger partial charge is 0.213 e. The SMILES string of the molecule is CCC[c-]1cccc1.CCC[c-]1cccc1.CCC[c-]1cccc1.[Ce+3]. The van der Waals surface area contributed by atoms with Gasteiger partial charge in [-0.1, -0.05) is 59.3 Å². The molecule has 1 radical (unpaired) electrons. The monoisotopic (exact) mass is 461 g/mol. The Morgan fingerprint density at radius 3 is 0.800 bits per heavy atom. The molecule has 3 aromatic carbocycles. The molecule has 0 atom stereocenters. The molecular formula is C24H33Ce. The van der Waals surface area contributed by atoms with Crippen molar-refractivity contribution in [3.63, 3.8) is 0 Å². The molecule has 0 amide bonds. The molecule has 1 heteroatoms. The maximum atomic E-state index is 2.20. The Hall–Kier alpha value is -0.573. The van der Waals surface area contributed by atoms with Crippen LogP contribution in [-0.2, 0) is 19.3 Å². The maximum Gasteiger partial charge on any atom is 3.00 e. The van der Waals surface area contributed by atoms with E-state index in [1.54, 1.807) is 0 Å². The van der Waals surface area contributed by atoms with Crippen LogP contribution in [0.1, 0.15) is 56.7 Å². The van der Waals surface area contributed by atoms with Gasteiger partial charge in [-0.05, 0) is 0 Å². The van der Waals surface area contributed by atoms with Gasteiger partial charge in [0, 0.05) is 0 Å². The maximum absolute atomic E-state index is 2.20. The molecule has 0 unspecified atom stereocenters. The predicted molar refractivity (Wildman–Crippen MR) is 108 cm³/mol. The van der Waals surface area contributed by atoms with Crippen molar-refractivity contribution in [3.05, 3.63) is 89.5 Å². The van der Waals surface area contributed by atoms with Gasteiger partial charge in [-0.25, -0.2) is 36.4 Å². The minimum absolute atomic E-state index is 0. The summed E-state index contributed by atoms with van der Waals surface area (Å²) < 4.78 is 0. The van der Waals surface area contributed by atoms with E-state index in [1.165, 1.54) is 55.2 Å². The van der Waals surface area contributed by atoms with E-state index < -0.39 is 0 Å². The summed E-state index contributed by atoms with van der Waals surface area (Å²) in [6.45, 7) is 6.60. The largest absolute Gasteiger partial charge is 3.00 e. The van der Waals surface area contributed by atoms with Crippen LogP contribution in [0.5, 0.6) is 0 Å². The average molecular weight is 462 g/mol. The van der Waals surface area contributed by atoms with Crippen LogP contribution >= 0.6 is 0 Å². The first-order valence-corrected chi connectivity index (χ1v) is 9.41. The van der Waals surface area contributed by atoms with E-state index in [9.17, 15) is 0 Å². The third-order valence-corrected chi connectivity index (χ3v) is 3.81. The van der Waals surface area contributed by atoms with Gasteiger partial charge >= 0.3 is 41.7 Å². The Balaban J connectivity index is 0.000000339. The van der Waals surface area contributed by atoms with Gasteiger partial charge in [0.25, 0.3) is 0 Å². The summed E-state index contributed by atoms with van der Waals surface area (Å²) in [5.74, 6) is 0. The van der Waals surface area contributed by atoms with Crippen LogP contribution in [0.15, 0.2) is 72.8 Å². The third kappa shape index (κ3) is 12.4. The van der Waals surface area contributed by atoms with E-state index in [0.29, 0.717) is 0 Å². The van der Waals surface area contributed by atoms with Gasteiger partial charge < -0.3 is 0 Å². The number of aryl methyl sites for hydroxylation is 3. The minimum Gasteiger partial charge on any atom is -0.213 e. The van der Waals surface area contributed by atoms with E-state index in [1.807, 2.05) is 0 Å². The summed E-state index contributed by atoms with van der Waals surface area (Å²) in [6, 6.07) is 25.6. The van der Waals surface area contributed by atoms with Gasteiger partial charge in [0.2, 0.25) is 0 Å². The molecule has 0 heterocycles. The van der Waals surface area contributed by atoms with Gasteiger partial charge in [-0.15, -0.1) is 0 Å². The molecule has 0 aliphatic carbocycles. The van der Waals surface area contributed by atoms with Crippen LogP contribution < -0.4 is 0 Å². The summed E-state index contributed by atoms with van der Waals surface area (Å²) in [7, 11) is 0. The molecule has 0 aliphatic rings. The van der Waals surface area contributed by atoms with Crippen LogP contribution in [0, 0.1) is 41.7 Å². The fourth-order valence-electron chi connectivity index (χ4n) is 2.61. The molecule has 0 fully saturated rings. The average Bonchev–Trinajstić information content (AvgIpc) is 3.33. The van der Waals surface area contributed by atoms with Crippen LogP contribution in [0.2, 0.25) is 0 Å². The second-order valence-electron chi connectivity index (χ2n) is 6.13. The predicted octanol–water partition coefficient (Wildman–Crippen LogP) is 7.07. The van der Waals surface area contributed by atoms with E-state index in [2.05, 4.69) is 93.6 Å². The van der Waals surface area contributed by atoms with Crippen molar-refractivity contribution < 1.29 is 41.7 Å². The van der Waals surface area contributed by atoms with Crippen LogP contribution in [0.4, 0.5) is 0 Å². The van der Waals surface area contributed by atoms with Crippen LogP contribution in [0.25, 0.3) is 0 Å². The number of rotatable bonds is 6. The molecule has 0 bridgehead atoms. The summed E-state index contributed by atoms with van der Waals surface area (Å²) >= 11 is 0. The summed E-state index contributed by atoms with van der Waals surface area (Å²) in [5, 5.41) is 0. The minimum atomic E-state index is 0. The summed E-state index contributed by atoms with van der Waals surface area (Å²) in [4.78, 5) is 0. The summed E-state index contributed by atoms with van der Waals surface area (Å²) in [6.07, 6.45) is 7.45. The van der Waals surface area contributed by atoms with Gasteiger partial charge in [-0.2, -0.15) is 53.1 Å². The number of hydrogen-bond acceptors (Lipinski definition) is 0. The van der Waals surface area contributed by atoms with Gasteiger partial charge in [0.05, 0.1) is 0 Å². The van der Waals surface area contributed by atoms with E-state index in [-0.39, 0.29) is 41.7 Å². The molecule has 0 N–H and O–H groups in total. The Labute approximate surface area is 189 Å². The molecule has 133 valence electrons. The van der Waals surface area contributed by atoms with Crippen LogP contribution in [-0.4, -0.2) is 0 Å². The number of hydrogen-bond donors (Lipinski definition) is 0. The van der Waals surface area contributed by atoms with Crippen molar-refractivity contribution in [2.75, 3.05) is 0 Å². The van der Waals surface area contributed by atoms with E-state index >= 15 is 0 Å². The Bertz CT molecular complexity index is 470. The zero-order valence-corrected chi connectivity index (χ0v) is 19.3. The Morgan fingerprint density at radius 1 is 0.440 bits per heavy atom. The molecule has 0 spiro atoms. The summed E-state index contributed by atoms with van der Waals surface area (Å²) in [5.41, 5.74) is 4.40. The van der Waals surface area contributed by atoms with E-state index in [4.69, 9.17) is 0 Å². The fraction of sp³-hybridized carbons (Fsp3) is 0.375. The standard InChI is InChI=1S/3C8H11.Ce/c3*1-2-5-8-6-3-4-7-8;/h3*3-4,6-7H,2,5H2,1H3;/q3*-1;+3. The molecule has 0 nitrogen and oxygen atoms in total. The third-order valence-electron chi connectivity index (χ3n) is 3.81. The van der Waals surface area contributed by atoms with Crippen LogP contribution in [0.3, 0.4) is 0 Å². The molecule has 0 saturated carbocycles. The zero-order chi connectivity index (χ0) is 17.5. The first-order chi connectivity index (χ1) is 11.8. The van der Waals surface area contributed by atoms with Crippen molar-refractivity contribution in [2.45, 2.75) is 59.3 Å². The second kappa shape index (κ2) is 16.9. The normalized spacial score (nSPS) is 9.24. The first-order valence-electron chi connectivity index (χ1n) is 9.41. The van der Waals surface area contributed by atoms with Crippen molar-refractivity contribution in [2.24, 2.45) is 0 Å². The first kappa shape index (κ1) is 24.4. The van der Waals surface area contributed by atoms with Gasteiger partial charge in [0.15, 0.2) is 0 Å². The molecular weight excluding hydrogens is 428 g/mol. The Morgan fingerprint density at radius 2 is 0.640 bits per heavy atom. The fourth-order valence-corrected chi connectivity index (χ4v) is 2.61. The van der Waals surface area contributed by atoms with Gasteiger partial charge in [0.1, 0.15) is 0 Å². The molecule has 0 aliphatic heterocycles. The van der Waals surface area contributed by atoms with Gasteiger partial charge in [-0.3, -0.25) is 0 Å². The second-order valence-corrected chi connectivity index (χ2v) is 6.13. The quantitative estimate of drug-likeness (QED) is 0.344. The molecule has 0 aromatic heterocycles. The topological polar surface area (TPSA) is 0 Å². The van der Waals surface area contributed by atoms with Crippen molar-refractivity contribution in [1.82, 2.24) is 0 Å².